The molecule has 1 aromatic rings. The number of carbonyl (C=O) groups is 2. The topological polar surface area (TPSA) is 67.4 Å². The van der Waals surface area contributed by atoms with Gasteiger partial charge in [-0.15, -0.1) is 0 Å². The van der Waals surface area contributed by atoms with Crippen molar-refractivity contribution in [2.24, 2.45) is 0 Å². The van der Waals surface area contributed by atoms with E-state index in [1.165, 1.54) is 32.8 Å². The largest absolute Gasteiger partial charge is 0.465 e. The number of unbranched alkanes of at least 4 members (excludes halogenated alkanes) is 4. The summed E-state index contributed by atoms with van der Waals surface area (Å²) in [5.41, 5.74) is 1.13. The molecule has 2 N–H and O–H groups in total. The number of amides is 1. The maximum atomic E-state index is 11.8. The molecule has 5 nitrogen and oxygen atoms in total. The number of hydrogen-bond donors (Lipinski definition) is 2. The lowest BCUT2D eigenvalue weighted by Gasteiger charge is -2.07. The van der Waals surface area contributed by atoms with Crippen LogP contribution in [0.5, 0.6) is 0 Å². The fourth-order valence-corrected chi connectivity index (χ4v) is 2.07. The molecule has 0 heterocycles. The average Bonchev–Trinajstić information content (AvgIpc) is 2.54. The summed E-state index contributed by atoms with van der Waals surface area (Å²) in [5, 5.41) is 5.92. The van der Waals surface area contributed by atoms with Crippen molar-refractivity contribution < 1.29 is 14.3 Å². The summed E-state index contributed by atoms with van der Waals surface area (Å²) in [5.74, 6) is -0.470. The summed E-state index contributed by atoms with van der Waals surface area (Å²) in [7, 11) is 1.34. The van der Waals surface area contributed by atoms with Gasteiger partial charge in [0.05, 0.1) is 19.2 Å². The van der Waals surface area contributed by atoms with E-state index >= 15 is 0 Å². The van der Waals surface area contributed by atoms with E-state index in [1.54, 1.807) is 24.3 Å². The van der Waals surface area contributed by atoms with Crippen LogP contribution in [-0.4, -0.2) is 32.1 Å². The Morgan fingerprint density at radius 3 is 2.36 bits per heavy atom. The Balaban J connectivity index is 2.20. The molecule has 0 spiro atoms. The second-order valence-electron chi connectivity index (χ2n) is 5.21. The van der Waals surface area contributed by atoms with E-state index in [2.05, 4.69) is 22.3 Å². The Morgan fingerprint density at radius 2 is 1.73 bits per heavy atom. The van der Waals surface area contributed by atoms with Crippen LogP contribution in [0, 0.1) is 0 Å². The molecule has 0 aliphatic heterocycles. The second kappa shape index (κ2) is 10.8. The molecule has 0 unspecified atom stereocenters. The summed E-state index contributed by atoms with van der Waals surface area (Å²) in [4.78, 5) is 23.1. The molecule has 0 aliphatic rings. The van der Waals surface area contributed by atoms with Crippen LogP contribution in [0.3, 0.4) is 0 Å². The first-order valence-corrected chi connectivity index (χ1v) is 7.86. The zero-order chi connectivity index (χ0) is 16.2. The number of methoxy groups -OCH3 is 1. The summed E-state index contributed by atoms with van der Waals surface area (Å²) >= 11 is 0. The first kappa shape index (κ1) is 18.2. The van der Waals surface area contributed by atoms with Crippen LogP contribution >= 0.6 is 0 Å². The first-order valence-electron chi connectivity index (χ1n) is 7.86. The molecule has 0 fully saturated rings. The van der Waals surface area contributed by atoms with Crippen molar-refractivity contribution in [3.8, 4) is 0 Å². The molecule has 22 heavy (non-hydrogen) atoms. The molecule has 1 amide bonds. The highest BCUT2D eigenvalue weighted by Crippen LogP contribution is 2.10. The number of esters is 1. The molecule has 0 aliphatic carbocycles. The number of rotatable bonds is 10. The fourth-order valence-electron chi connectivity index (χ4n) is 2.07. The smallest absolute Gasteiger partial charge is 0.337 e. The minimum Gasteiger partial charge on any atom is -0.465 e. The summed E-state index contributed by atoms with van der Waals surface area (Å²) in [6, 6.07) is 6.63. The second-order valence-corrected chi connectivity index (χ2v) is 5.21. The standard InChI is InChI=1S/C17H26N2O3/c1-3-4-5-6-7-12-18-13-16(20)19-15-10-8-14(9-11-15)17(21)22-2/h8-11,18H,3-7,12-13H2,1-2H3,(H,19,20). The quantitative estimate of drug-likeness (QED) is 0.515. The molecule has 1 aromatic carbocycles. The van der Waals surface area contributed by atoms with E-state index < -0.39 is 0 Å². The average molecular weight is 306 g/mol. The lowest BCUT2D eigenvalue weighted by molar-refractivity contribution is -0.115. The Kier molecular flexibility index (Phi) is 8.91. The zero-order valence-electron chi connectivity index (χ0n) is 13.5. The van der Waals surface area contributed by atoms with Crippen LogP contribution in [-0.2, 0) is 9.53 Å². The van der Waals surface area contributed by atoms with E-state index in [9.17, 15) is 9.59 Å². The third kappa shape index (κ3) is 7.22. The SMILES string of the molecule is CCCCCCCNCC(=O)Nc1ccc(C(=O)OC)cc1. The van der Waals surface area contributed by atoms with E-state index in [4.69, 9.17) is 0 Å². The number of carbonyl (C=O) groups excluding carboxylic acids is 2. The van der Waals surface area contributed by atoms with Crippen molar-refractivity contribution in [1.82, 2.24) is 5.32 Å². The summed E-state index contributed by atoms with van der Waals surface area (Å²) in [6.45, 7) is 3.35. The van der Waals surface area contributed by atoms with Crippen molar-refractivity contribution in [3.63, 3.8) is 0 Å². The maximum Gasteiger partial charge on any atom is 0.337 e. The maximum absolute atomic E-state index is 11.8. The van der Waals surface area contributed by atoms with Crippen LogP contribution < -0.4 is 10.6 Å². The molecule has 0 radical (unpaired) electrons. The summed E-state index contributed by atoms with van der Waals surface area (Å²) in [6.07, 6.45) is 6.09. The van der Waals surface area contributed by atoms with Crippen molar-refractivity contribution in [1.29, 1.82) is 0 Å². The van der Waals surface area contributed by atoms with Gasteiger partial charge < -0.3 is 15.4 Å². The van der Waals surface area contributed by atoms with Crippen LogP contribution in [0.25, 0.3) is 0 Å². The minimum atomic E-state index is -0.386. The van der Waals surface area contributed by atoms with Gasteiger partial charge in [0.1, 0.15) is 0 Å². The Hall–Kier alpha value is -1.88. The molecule has 122 valence electrons. The molecular weight excluding hydrogens is 280 g/mol. The van der Waals surface area contributed by atoms with E-state index in [-0.39, 0.29) is 11.9 Å². The van der Waals surface area contributed by atoms with E-state index in [1.807, 2.05) is 0 Å². The normalized spacial score (nSPS) is 10.3. The van der Waals surface area contributed by atoms with Crippen LogP contribution in [0.1, 0.15) is 49.4 Å². The molecule has 0 bridgehead atoms. The van der Waals surface area contributed by atoms with Crippen LogP contribution in [0.4, 0.5) is 5.69 Å². The monoisotopic (exact) mass is 306 g/mol. The van der Waals surface area contributed by atoms with E-state index in [0.717, 1.165) is 13.0 Å². The number of nitrogens with one attached hydrogen (secondary N) is 2. The Morgan fingerprint density at radius 1 is 1.05 bits per heavy atom. The number of anilines is 1. The van der Waals surface area contributed by atoms with Crippen molar-refractivity contribution >= 4 is 17.6 Å². The van der Waals surface area contributed by atoms with Gasteiger partial charge in [-0.2, -0.15) is 0 Å². The Bertz CT molecular complexity index is 457. The van der Waals surface area contributed by atoms with Crippen LogP contribution in [0.15, 0.2) is 24.3 Å². The van der Waals surface area contributed by atoms with Gasteiger partial charge in [-0.05, 0) is 37.2 Å². The number of ether oxygens (including phenoxy) is 1. The van der Waals surface area contributed by atoms with E-state index in [0.29, 0.717) is 17.8 Å². The first-order chi connectivity index (χ1) is 10.7. The van der Waals surface area contributed by atoms with Gasteiger partial charge in [-0.3, -0.25) is 4.79 Å². The zero-order valence-corrected chi connectivity index (χ0v) is 13.5. The lowest BCUT2D eigenvalue weighted by Crippen LogP contribution is -2.28. The van der Waals surface area contributed by atoms with Gasteiger partial charge >= 0.3 is 5.97 Å². The Labute approximate surface area is 132 Å². The minimum absolute atomic E-state index is 0.0839. The number of hydrogen-bond acceptors (Lipinski definition) is 4. The van der Waals surface area contributed by atoms with Crippen LogP contribution in [0.2, 0.25) is 0 Å². The molecule has 5 heteroatoms. The molecule has 0 saturated carbocycles. The molecule has 0 atom stereocenters. The van der Waals surface area contributed by atoms with Gasteiger partial charge in [-0.25, -0.2) is 4.79 Å². The third-order valence-corrected chi connectivity index (χ3v) is 3.33. The van der Waals surface area contributed by atoms with Gasteiger partial charge in [0.2, 0.25) is 5.91 Å². The third-order valence-electron chi connectivity index (χ3n) is 3.33. The molecule has 1 rings (SSSR count). The predicted octanol–water partition coefficient (Wildman–Crippen LogP) is 2.97. The van der Waals surface area contributed by atoms with Gasteiger partial charge in [0, 0.05) is 5.69 Å². The highest BCUT2D eigenvalue weighted by molar-refractivity contribution is 5.93. The van der Waals surface area contributed by atoms with Crippen molar-refractivity contribution in [3.05, 3.63) is 29.8 Å². The van der Waals surface area contributed by atoms with Gasteiger partial charge in [0.15, 0.2) is 0 Å². The van der Waals surface area contributed by atoms with Gasteiger partial charge in [0.25, 0.3) is 0 Å². The molecule has 0 aromatic heterocycles. The van der Waals surface area contributed by atoms with Gasteiger partial charge in [-0.1, -0.05) is 32.6 Å². The predicted molar refractivity (Wildman–Crippen MR) is 88.0 cm³/mol. The van der Waals surface area contributed by atoms with Crippen molar-refractivity contribution in [2.45, 2.75) is 39.0 Å². The highest BCUT2D eigenvalue weighted by Gasteiger charge is 2.06. The fraction of sp³-hybridized carbons (Fsp3) is 0.529. The molecule has 0 saturated heterocycles. The summed E-state index contributed by atoms with van der Waals surface area (Å²) < 4.78 is 4.62. The molecular formula is C17H26N2O3. The number of benzene rings is 1. The lowest BCUT2D eigenvalue weighted by atomic mass is 10.1. The highest BCUT2D eigenvalue weighted by atomic mass is 16.5. The van der Waals surface area contributed by atoms with Crippen molar-refractivity contribution in [2.75, 3.05) is 25.5 Å².